The zero-order valence-electron chi connectivity index (χ0n) is 15.4. The molecule has 0 saturated carbocycles. The Morgan fingerprint density at radius 3 is 2.76 bits per heavy atom. The fourth-order valence-electron chi connectivity index (χ4n) is 4.21. The minimum Gasteiger partial charge on any atom is -0.450 e. The number of rotatable bonds is 3. The van der Waals surface area contributed by atoms with E-state index in [9.17, 15) is 14.0 Å². The van der Waals surface area contributed by atoms with Gasteiger partial charge >= 0.3 is 0 Å². The topological polar surface area (TPSA) is 59.8 Å². The third kappa shape index (κ3) is 3.00. The van der Waals surface area contributed by atoms with Gasteiger partial charge in [0, 0.05) is 23.2 Å². The zero-order valence-corrected chi connectivity index (χ0v) is 16.9. The molecule has 0 aliphatic carbocycles. The third-order valence-corrected chi connectivity index (χ3v) is 6.05. The molecule has 1 amide bonds. The van der Waals surface area contributed by atoms with Gasteiger partial charge in [-0.05, 0) is 37.1 Å². The van der Waals surface area contributed by atoms with Crippen molar-refractivity contribution >= 4 is 32.8 Å². The molecule has 2 aliphatic rings. The minimum absolute atomic E-state index is 0.0175. The van der Waals surface area contributed by atoms with Crippen LogP contribution >= 0.6 is 15.9 Å². The summed E-state index contributed by atoms with van der Waals surface area (Å²) in [6.07, 6.45) is 1.60. The number of benzene rings is 2. The van der Waals surface area contributed by atoms with E-state index >= 15 is 0 Å². The Morgan fingerprint density at radius 2 is 2.00 bits per heavy atom. The molecule has 3 aromatic rings. The van der Waals surface area contributed by atoms with Gasteiger partial charge in [-0.2, -0.15) is 0 Å². The van der Waals surface area contributed by atoms with Crippen LogP contribution in [0.2, 0.25) is 0 Å². The van der Waals surface area contributed by atoms with Gasteiger partial charge < -0.3 is 14.1 Å². The first kappa shape index (κ1) is 18.5. The first-order chi connectivity index (χ1) is 14.0. The maximum atomic E-state index is 14.7. The van der Waals surface area contributed by atoms with Gasteiger partial charge in [0.1, 0.15) is 11.4 Å². The maximum Gasteiger partial charge on any atom is 0.291 e. The summed E-state index contributed by atoms with van der Waals surface area (Å²) in [4.78, 5) is 28.1. The number of hydrogen-bond donors (Lipinski definition) is 0. The van der Waals surface area contributed by atoms with Crippen molar-refractivity contribution in [1.29, 1.82) is 0 Å². The van der Waals surface area contributed by atoms with Crippen LogP contribution in [0.1, 0.15) is 40.6 Å². The van der Waals surface area contributed by atoms with E-state index in [0.717, 1.165) is 17.3 Å². The second kappa shape index (κ2) is 7.07. The Morgan fingerprint density at radius 1 is 1.17 bits per heavy atom. The number of ether oxygens (including phenoxy) is 1. The van der Waals surface area contributed by atoms with Crippen LogP contribution in [0.25, 0.3) is 11.0 Å². The van der Waals surface area contributed by atoms with Crippen LogP contribution in [-0.2, 0) is 4.74 Å². The average molecular weight is 458 g/mol. The van der Waals surface area contributed by atoms with Gasteiger partial charge in [0.15, 0.2) is 5.43 Å². The van der Waals surface area contributed by atoms with Crippen molar-refractivity contribution in [3.05, 3.63) is 79.9 Å². The predicted octanol–water partition coefficient (Wildman–Crippen LogP) is 4.42. The summed E-state index contributed by atoms with van der Waals surface area (Å²) in [6.45, 7) is 0.917. The highest BCUT2D eigenvalue weighted by molar-refractivity contribution is 9.10. The molecule has 0 unspecified atom stereocenters. The Labute approximate surface area is 174 Å². The lowest BCUT2D eigenvalue weighted by atomic mass is 9.98. The Balaban J connectivity index is 1.74. The molecule has 3 heterocycles. The van der Waals surface area contributed by atoms with Gasteiger partial charge in [-0.25, -0.2) is 4.39 Å². The second-order valence-electron chi connectivity index (χ2n) is 7.33. The molecule has 2 aromatic carbocycles. The van der Waals surface area contributed by atoms with Crippen molar-refractivity contribution < 1.29 is 18.3 Å². The molecule has 5 rings (SSSR count). The van der Waals surface area contributed by atoms with Crippen LogP contribution in [0, 0.1) is 5.82 Å². The van der Waals surface area contributed by atoms with Crippen molar-refractivity contribution in [1.82, 2.24) is 4.90 Å². The number of amides is 1. The number of carbonyl (C=O) groups excluding carboxylic acids is 1. The summed E-state index contributed by atoms with van der Waals surface area (Å²) in [5.74, 6) is -0.897. The molecule has 148 valence electrons. The molecule has 0 radical (unpaired) electrons. The highest BCUT2D eigenvalue weighted by Gasteiger charge is 2.44. The molecule has 1 aromatic heterocycles. The Bertz CT molecular complexity index is 1190. The lowest BCUT2D eigenvalue weighted by Crippen LogP contribution is -2.36. The number of carbonyl (C=O) groups is 1. The summed E-state index contributed by atoms with van der Waals surface area (Å²) in [7, 11) is 0. The predicted molar refractivity (Wildman–Crippen MR) is 108 cm³/mol. The summed E-state index contributed by atoms with van der Waals surface area (Å²) in [6, 6.07) is 10.4. The number of hydrogen-bond acceptors (Lipinski definition) is 4. The maximum absolute atomic E-state index is 14.7. The van der Waals surface area contributed by atoms with Crippen molar-refractivity contribution in [2.45, 2.75) is 25.0 Å². The fourth-order valence-corrected chi connectivity index (χ4v) is 4.57. The quantitative estimate of drug-likeness (QED) is 0.583. The molecule has 29 heavy (non-hydrogen) atoms. The van der Waals surface area contributed by atoms with Crippen molar-refractivity contribution in [3.63, 3.8) is 0 Å². The molecule has 0 bridgehead atoms. The molecule has 1 fully saturated rings. The molecule has 2 atom stereocenters. The van der Waals surface area contributed by atoms with Crippen molar-refractivity contribution in [2.75, 3.05) is 13.2 Å². The van der Waals surface area contributed by atoms with Crippen LogP contribution in [0.15, 0.2) is 56.1 Å². The van der Waals surface area contributed by atoms with Gasteiger partial charge in [0.25, 0.3) is 5.91 Å². The normalized spacial score (nSPS) is 21.2. The molecule has 7 heteroatoms. The monoisotopic (exact) mass is 457 g/mol. The molecule has 1 saturated heterocycles. The first-order valence-corrected chi connectivity index (χ1v) is 10.3. The van der Waals surface area contributed by atoms with Crippen molar-refractivity contribution in [2.24, 2.45) is 0 Å². The van der Waals surface area contributed by atoms with E-state index in [1.807, 2.05) is 0 Å². The summed E-state index contributed by atoms with van der Waals surface area (Å²) in [5, 5.41) is 0.353. The molecule has 2 aliphatic heterocycles. The molecular formula is C22H17BrFNO4. The molecule has 5 nitrogen and oxygen atoms in total. The van der Waals surface area contributed by atoms with E-state index in [1.54, 1.807) is 36.4 Å². The largest absolute Gasteiger partial charge is 0.450 e. The fraction of sp³-hybridized carbons (Fsp3) is 0.273. The number of fused-ring (bicyclic) bond motifs is 2. The summed E-state index contributed by atoms with van der Waals surface area (Å²) in [5.41, 5.74) is 0.471. The SMILES string of the molecule is O=C1c2oc3ccc(Br)cc3c(=O)c2[C@@H](c2ccccc2F)N1C[C@@H]1CCCO1. The van der Waals surface area contributed by atoms with Crippen LogP contribution in [0.4, 0.5) is 4.39 Å². The van der Waals surface area contributed by atoms with E-state index in [4.69, 9.17) is 9.15 Å². The standard InChI is InChI=1S/C22H17BrFNO4/c23-12-7-8-17-15(10-12)20(26)18-19(14-5-1-2-6-16(14)24)25(22(27)21(18)29-17)11-13-4-3-9-28-13/h1-2,5-8,10,13,19H,3-4,9,11H2/t13-,19+/m0/s1. The zero-order chi connectivity index (χ0) is 20.1. The minimum atomic E-state index is -0.845. The lowest BCUT2D eigenvalue weighted by molar-refractivity contribution is 0.0483. The van der Waals surface area contributed by atoms with E-state index in [1.165, 1.54) is 11.0 Å². The number of nitrogens with zero attached hydrogens (tertiary/aromatic N) is 1. The van der Waals surface area contributed by atoms with Gasteiger partial charge in [-0.3, -0.25) is 9.59 Å². The third-order valence-electron chi connectivity index (χ3n) is 5.55. The van der Waals surface area contributed by atoms with Crippen LogP contribution < -0.4 is 5.43 Å². The molecular weight excluding hydrogens is 441 g/mol. The van der Waals surface area contributed by atoms with Crippen LogP contribution in [0.3, 0.4) is 0 Å². The van der Waals surface area contributed by atoms with E-state index in [-0.39, 0.29) is 35.0 Å². The van der Waals surface area contributed by atoms with E-state index in [2.05, 4.69) is 15.9 Å². The molecule has 0 N–H and O–H groups in total. The number of halogens is 2. The smallest absolute Gasteiger partial charge is 0.291 e. The van der Waals surface area contributed by atoms with Gasteiger partial charge in [-0.1, -0.05) is 34.1 Å². The second-order valence-corrected chi connectivity index (χ2v) is 8.25. The van der Waals surface area contributed by atoms with E-state index < -0.39 is 17.8 Å². The van der Waals surface area contributed by atoms with Gasteiger partial charge in [0.05, 0.1) is 23.1 Å². The summed E-state index contributed by atoms with van der Waals surface area (Å²) < 4.78 is 27.0. The lowest BCUT2D eigenvalue weighted by Gasteiger charge is -2.27. The van der Waals surface area contributed by atoms with Crippen LogP contribution in [0.5, 0.6) is 0 Å². The van der Waals surface area contributed by atoms with Gasteiger partial charge in [-0.15, -0.1) is 0 Å². The Hall–Kier alpha value is -2.51. The van der Waals surface area contributed by atoms with Crippen LogP contribution in [-0.4, -0.2) is 30.1 Å². The highest BCUT2D eigenvalue weighted by atomic mass is 79.9. The van der Waals surface area contributed by atoms with E-state index in [0.29, 0.717) is 17.6 Å². The highest BCUT2D eigenvalue weighted by Crippen LogP contribution is 2.39. The van der Waals surface area contributed by atoms with Gasteiger partial charge in [0.2, 0.25) is 5.76 Å². The summed E-state index contributed by atoms with van der Waals surface area (Å²) >= 11 is 3.37. The first-order valence-electron chi connectivity index (χ1n) is 9.48. The average Bonchev–Trinajstić information content (AvgIpc) is 3.31. The molecule has 0 spiro atoms. The Kier molecular flexibility index (Phi) is 4.52. The van der Waals surface area contributed by atoms with Crippen molar-refractivity contribution in [3.8, 4) is 0 Å².